The topological polar surface area (TPSA) is 91.7 Å². The molecule has 134 valence electrons. The number of aliphatic carboxylic acids is 1. The summed E-state index contributed by atoms with van der Waals surface area (Å²) in [4.78, 5) is 10.3. The van der Waals surface area contributed by atoms with Crippen LogP contribution in [0.1, 0.15) is 96.8 Å². The summed E-state index contributed by atoms with van der Waals surface area (Å²) in [6.45, 7) is 2.26. The number of hydrogen-bond acceptors (Lipinski definition) is 4. The molecule has 0 aromatic rings. The van der Waals surface area contributed by atoms with E-state index in [-0.39, 0.29) is 29.6 Å². The maximum absolute atomic E-state index is 10.3. The minimum Gasteiger partial charge on any atom is -0.481 e. The Morgan fingerprint density at radius 2 is 1.00 bits per heavy atom. The number of carboxylic acid groups (broad SMARTS) is 1. The van der Waals surface area contributed by atoms with E-state index >= 15 is 0 Å². The number of unbranched alkanes of at least 4 members (excludes halogenated alkanes) is 12. The Balaban J connectivity index is -0.000000712. The maximum Gasteiger partial charge on any atom is 1.00 e. The van der Waals surface area contributed by atoms with Crippen molar-refractivity contribution < 1.29 is 52.4 Å². The zero-order chi connectivity index (χ0) is 17.1. The molecule has 0 spiro atoms. The van der Waals surface area contributed by atoms with Crippen molar-refractivity contribution in [2.45, 2.75) is 96.8 Å². The van der Waals surface area contributed by atoms with Gasteiger partial charge < -0.3 is 18.1 Å². The molecule has 5 nitrogen and oxygen atoms in total. The van der Waals surface area contributed by atoms with E-state index in [0.29, 0.717) is 6.42 Å². The van der Waals surface area contributed by atoms with Gasteiger partial charge in [0.25, 0.3) is 0 Å². The number of carboxylic acids is 1. The van der Waals surface area contributed by atoms with Gasteiger partial charge in [0.2, 0.25) is 0 Å². The predicted molar refractivity (Wildman–Crippen MR) is 89.3 cm³/mol. The van der Waals surface area contributed by atoms with E-state index in [4.69, 9.17) is 18.1 Å². The fraction of sp³-hybridized carbons (Fsp3) is 0.938. The Labute approximate surface area is 165 Å². The summed E-state index contributed by atoms with van der Waals surface area (Å²) in [5.74, 6) is -0.655. The third kappa shape index (κ3) is 39.3. The minimum absolute atomic E-state index is 0. The van der Waals surface area contributed by atoms with Gasteiger partial charge in [-0.05, 0) is 6.42 Å². The fourth-order valence-electron chi connectivity index (χ4n) is 2.29. The van der Waals surface area contributed by atoms with E-state index in [1.807, 2.05) is 0 Å². The summed E-state index contributed by atoms with van der Waals surface area (Å²) < 4.78 is 24.1. The summed E-state index contributed by atoms with van der Waals surface area (Å²) >= 11 is 0. The van der Waals surface area contributed by atoms with Crippen LogP contribution in [0.4, 0.5) is 0 Å². The molecular formula is C16H33NaO5S. The number of carbonyl (C=O) groups is 1. The quantitative estimate of drug-likeness (QED) is 0.163. The van der Waals surface area contributed by atoms with Crippen LogP contribution in [-0.2, 0) is 24.2 Å². The Morgan fingerprint density at radius 3 is 1.26 bits per heavy atom. The Morgan fingerprint density at radius 1 is 0.739 bits per heavy atom. The molecule has 0 bridgehead atoms. The molecule has 0 aliphatic heterocycles. The molecule has 0 fully saturated rings. The van der Waals surface area contributed by atoms with Gasteiger partial charge >= 0.3 is 35.5 Å². The SMILES string of the molecule is CCCCCCCCCCCCCCCC(=O)O.O=[S-](=O)O.[Na+]. The van der Waals surface area contributed by atoms with Crippen molar-refractivity contribution in [2.75, 3.05) is 0 Å². The van der Waals surface area contributed by atoms with Crippen molar-refractivity contribution in [3.8, 4) is 0 Å². The van der Waals surface area contributed by atoms with Crippen molar-refractivity contribution in [3.63, 3.8) is 0 Å². The number of hydrogen-bond donors (Lipinski definition) is 2. The first kappa shape index (κ1) is 28.2. The smallest absolute Gasteiger partial charge is 0.481 e. The van der Waals surface area contributed by atoms with Crippen molar-refractivity contribution in [3.05, 3.63) is 0 Å². The van der Waals surface area contributed by atoms with Crippen LogP contribution in [0.25, 0.3) is 0 Å². The minimum atomic E-state index is -2.86. The summed E-state index contributed by atoms with van der Waals surface area (Å²) in [5.41, 5.74) is 0. The van der Waals surface area contributed by atoms with Gasteiger partial charge in [0.1, 0.15) is 0 Å². The molecule has 0 saturated heterocycles. The molecule has 0 aliphatic carbocycles. The monoisotopic (exact) mass is 360 g/mol. The zero-order valence-electron chi connectivity index (χ0n) is 14.9. The summed E-state index contributed by atoms with van der Waals surface area (Å²) in [6, 6.07) is 0. The van der Waals surface area contributed by atoms with Crippen LogP contribution >= 0.6 is 0 Å². The normalized spacial score (nSPS) is 9.87. The van der Waals surface area contributed by atoms with Gasteiger partial charge in [0.05, 0.1) is 0 Å². The molecule has 23 heavy (non-hydrogen) atoms. The molecule has 0 unspecified atom stereocenters. The van der Waals surface area contributed by atoms with E-state index in [9.17, 15) is 4.79 Å². The van der Waals surface area contributed by atoms with E-state index in [0.717, 1.165) is 12.8 Å². The van der Waals surface area contributed by atoms with Crippen molar-refractivity contribution >= 4 is 17.0 Å². The molecule has 2 N–H and O–H groups in total. The summed E-state index contributed by atoms with van der Waals surface area (Å²) in [6.07, 6.45) is 17.3. The van der Waals surface area contributed by atoms with Crippen molar-refractivity contribution in [1.82, 2.24) is 0 Å². The average molecular weight is 360 g/mol. The third-order valence-corrected chi connectivity index (χ3v) is 3.49. The van der Waals surface area contributed by atoms with Crippen LogP contribution in [0, 0.1) is 0 Å². The van der Waals surface area contributed by atoms with Crippen LogP contribution in [0.2, 0.25) is 0 Å². The second kappa shape index (κ2) is 24.6. The molecule has 0 aromatic carbocycles. The fourth-order valence-corrected chi connectivity index (χ4v) is 2.29. The summed E-state index contributed by atoms with van der Waals surface area (Å²) in [5, 5.41) is 8.49. The molecule has 0 amide bonds. The predicted octanol–water partition coefficient (Wildman–Crippen LogP) is 2.32. The molecule has 0 heterocycles. The second-order valence-electron chi connectivity index (χ2n) is 5.60. The summed E-state index contributed by atoms with van der Waals surface area (Å²) in [7, 11) is -2.86. The molecule has 0 radical (unpaired) electrons. The van der Waals surface area contributed by atoms with Crippen LogP contribution < -0.4 is 29.6 Å². The first-order valence-corrected chi connectivity index (χ1v) is 9.54. The number of rotatable bonds is 14. The van der Waals surface area contributed by atoms with Gasteiger partial charge in [-0.3, -0.25) is 4.79 Å². The van der Waals surface area contributed by atoms with Crippen molar-refractivity contribution in [1.29, 1.82) is 0 Å². The first-order valence-electron chi connectivity index (χ1n) is 8.50. The molecule has 0 aliphatic rings. The molecule has 0 atom stereocenters. The van der Waals surface area contributed by atoms with E-state index in [2.05, 4.69) is 6.92 Å². The molecule has 0 rings (SSSR count). The van der Waals surface area contributed by atoms with Gasteiger partial charge in [-0.25, -0.2) is 0 Å². The first-order chi connectivity index (χ1) is 10.5. The molecular weight excluding hydrogens is 327 g/mol. The van der Waals surface area contributed by atoms with Gasteiger partial charge in [0, 0.05) is 17.4 Å². The molecule has 0 saturated carbocycles. The largest absolute Gasteiger partial charge is 1.00 e. The maximum atomic E-state index is 10.3. The van der Waals surface area contributed by atoms with Gasteiger partial charge in [-0.2, -0.15) is 0 Å². The molecule has 0 aromatic heterocycles. The average Bonchev–Trinajstić information content (AvgIpc) is 2.43. The van der Waals surface area contributed by atoms with Crippen LogP contribution in [0.3, 0.4) is 0 Å². The van der Waals surface area contributed by atoms with Gasteiger partial charge in [-0.1, -0.05) is 84.0 Å². The zero-order valence-corrected chi connectivity index (χ0v) is 17.7. The Hall–Kier alpha value is 0.380. The molecule has 7 heteroatoms. The Bertz CT molecular complexity index is 301. The third-order valence-electron chi connectivity index (χ3n) is 3.49. The Kier molecular flexibility index (Phi) is 30.2. The van der Waals surface area contributed by atoms with Crippen molar-refractivity contribution in [2.24, 2.45) is 0 Å². The standard InChI is InChI=1S/C16H32O2.Na.HO3S/c1-2-3-4-5-6-7-8-9-10-11-12-13-14-15-16(17)18;;1-4(2)3/h2-15H2,1H3,(H,17,18);;(H,1,2,3)/q;+1;-1. The van der Waals surface area contributed by atoms with E-state index in [1.54, 1.807) is 0 Å². The van der Waals surface area contributed by atoms with E-state index in [1.165, 1.54) is 70.6 Å². The van der Waals surface area contributed by atoms with Crippen LogP contribution in [0.15, 0.2) is 0 Å². The van der Waals surface area contributed by atoms with Crippen LogP contribution in [-0.4, -0.2) is 15.6 Å². The van der Waals surface area contributed by atoms with E-state index < -0.39 is 17.0 Å². The van der Waals surface area contributed by atoms with Gasteiger partial charge in [-0.15, -0.1) is 0 Å². The second-order valence-corrected chi connectivity index (χ2v) is 6.04. The van der Waals surface area contributed by atoms with Crippen LogP contribution in [0.5, 0.6) is 0 Å². The van der Waals surface area contributed by atoms with Gasteiger partial charge in [0.15, 0.2) is 0 Å².